The zero-order valence-electron chi connectivity index (χ0n) is 12.2. The van der Waals surface area contributed by atoms with Crippen molar-refractivity contribution in [3.63, 3.8) is 0 Å². The van der Waals surface area contributed by atoms with Crippen LogP contribution in [0.2, 0.25) is 0 Å². The molecule has 2 heterocycles. The molecule has 1 aromatic heterocycles. The second kappa shape index (κ2) is 6.87. The molecule has 0 aliphatic carbocycles. The molecular weight excluding hydrogens is 310 g/mol. The van der Waals surface area contributed by atoms with Gasteiger partial charge >= 0.3 is 0 Å². The van der Waals surface area contributed by atoms with E-state index in [1.807, 2.05) is 7.05 Å². The van der Waals surface area contributed by atoms with Gasteiger partial charge < -0.3 is 10.2 Å². The summed E-state index contributed by atoms with van der Waals surface area (Å²) in [6, 6.07) is 2.60. The Labute approximate surface area is 129 Å². The number of amides is 1. The maximum absolute atomic E-state index is 12.5. The summed E-state index contributed by atoms with van der Waals surface area (Å²) in [4.78, 5) is 14.2. The van der Waals surface area contributed by atoms with Crippen molar-refractivity contribution in [1.29, 1.82) is 0 Å². The highest BCUT2D eigenvalue weighted by atomic mass is 32.2. The first-order valence-electron chi connectivity index (χ1n) is 6.96. The zero-order chi connectivity index (χ0) is 15.5. The standard InChI is InChI=1S/C13H21N3O3S2/c1-10(15-21(18,19)12-6-4-8-20-12)13(17)16-7-3-5-11(16)9-14-2/h4,6,8,10-11,14-15H,3,5,7,9H2,1-2H3. The number of carbonyl (C=O) groups is 1. The van der Waals surface area contributed by atoms with Gasteiger partial charge in [-0.25, -0.2) is 8.42 Å². The predicted molar refractivity (Wildman–Crippen MR) is 82.8 cm³/mol. The molecule has 1 aliphatic rings. The lowest BCUT2D eigenvalue weighted by molar-refractivity contribution is -0.133. The van der Waals surface area contributed by atoms with Gasteiger partial charge in [0, 0.05) is 19.1 Å². The van der Waals surface area contributed by atoms with Crippen molar-refractivity contribution in [2.24, 2.45) is 0 Å². The average molecular weight is 331 g/mol. The Kier molecular flexibility index (Phi) is 5.37. The van der Waals surface area contributed by atoms with Crippen molar-refractivity contribution in [3.8, 4) is 0 Å². The number of likely N-dealkylation sites (tertiary alicyclic amines) is 1. The van der Waals surface area contributed by atoms with E-state index in [-0.39, 0.29) is 16.2 Å². The summed E-state index contributed by atoms with van der Waals surface area (Å²) in [7, 11) is -1.76. The molecule has 2 N–H and O–H groups in total. The zero-order valence-corrected chi connectivity index (χ0v) is 13.8. The van der Waals surface area contributed by atoms with Crippen LogP contribution in [-0.2, 0) is 14.8 Å². The third kappa shape index (κ3) is 3.82. The minimum atomic E-state index is -3.62. The van der Waals surface area contributed by atoms with Crippen LogP contribution in [-0.4, -0.2) is 51.4 Å². The van der Waals surface area contributed by atoms with Gasteiger partial charge in [0.1, 0.15) is 4.21 Å². The van der Waals surface area contributed by atoms with E-state index in [2.05, 4.69) is 10.0 Å². The van der Waals surface area contributed by atoms with E-state index in [4.69, 9.17) is 0 Å². The number of rotatable bonds is 6. The van der Waals surface area contributed by atoms with Gasteiger partial charge in [-0.2, -0.15) is 4.72 Å². The van der Waals surface area contributed by atoms with Crippen molar-refractivity contribution in [3.05, 3.63) is 17.5 Å². The molecule has 0 saturated carbocycles. The number of thiophene rings is 1. The number of carbonyl (C=O) groups excluding carboxylic acids is 1. The number of likely N-dealkylation sites (N-methyl/N-ethyl adjacent to an activating group) is 1. The maximum atomic E-state index is 12.5. The van der Waals surface area contributed by atoms with Gasteiger partial charge in [-0.05, 0) is 38.3 Å². The lowest BCUT2D eigenvalue weighted by Gasteiger charge is -2.27. The molecule has 1 aromatic rings. The second-order valence-electron chi connectivity index (χ2n) is 5.16. The smallest absolute Gasteiger partial charge is 0.250 e. The molecule has 2 unspecified atom stereocenters. The summed E-state index contributed by atoms with van der Waals surface area (Å²) in [6.45, 7) is 3.02. The van der Waals surface area contributed by atoms with E-state index in [1.54, 1.807) is 23.3 Å². The molecular formula is C13H21N3O3S2. The summed E-state index contributed by atoms with van der Waals surface area (Å²) < 4.78 is 27.0. The van der Waals surface area contributed by atoms with Gasteiger partial charge in [0.05, 0.1) is 6.04 Å². The average Bonchev–Trinajstić information content (AvgIpc) is 3.09. The summed E-state index contributed by atoms with van der Waals surface area (Å²) in [5, 5.41) is 4.77. The number of sulfonamides is 1. The first-order valence-corrected chi connectivity index (χ1v) is 9.33. The van der Waals surface area contributed by atoms with Crippen molar-refractivity contribution in [2.75, 3.05) is 20.1 Å². The van der Waals surface area contributed by atoms with Crippen molar-refractivity contribution in [1.82, 2.24) is 14.9 Å². The lowest BCUT2D eigenvalue weighted by atomic mass is 10.2. The van der Waals surface area contributed by atoms with E-state index in [0.717, 1.165) is 30.7 Å². The quantitative estimate of drug-likeness (QED) is 0.801. The molecule has 1 fully saturated rings. The van der Waals surface area contributed by atoms with Crippen molar-refractivity contribution in [2.45, 2.75) is 36.1 Å². The molecule has 8 heteroatoms. The fourth-order valence-electron chi connectivity index (χ4n) is 2.58. The van der Waals surface area contributed by atoms with Gasteiger partial charge in [-0.1, -0.05) is 6.07 Å². The third-order valence-electron chi connectivity index (χ3n) is 3.56. The van der Waals surface area contributed by atoms with Crippen molar-refractivity contribution >= 4 is 27.3 Å². The minimum absolute atomic E-state index is 0.149. The molecule has 1 saturated heterocycles. The molecule has 118 valence electrons. The van der Waals surface area contributed by atoms with Gasteiger partial charge in [0.25, 0.3) is 10.0 Å². The van der Waals surface area contributed by atoms with Crippen LogP contribution in [0.25, 0.3) is 0 Å². The minimum Gasteiger partial charge on any atom is -0.337 e. The molecule has 1 amide bonds. The van der Waals surface area contributed by atoms with Crippen molar-refractivity contribution < 1.29 is 13.2 Å². The highest BCUT2D eigenvalue weighted by molar-refractivity contribution is 7.91. The van der Waals surface area contributed by atoms with Crippen LogP contribution in [0.3, 0.4) is 0 Å². The lowest BCUT2D eigenvalue weighted by Crippen LogP contribution is -2.50. The maximum Gasteiger partial charge on any atom is 0.250 e. The van der Waals surface area contributed by atoms with E-state index in [1.165, 1.54) is 6.07 Å². The number of nitrogens with one attached hydrogen (secondary N) is 2. The van der Waals surface area contributed by atoms with Crippen LogP contribution in [0, 0.1) is 0 Å². The molecule has 21 heavy (non-hydrogen) atoms. The molecule has 2 rings (SSSR count). The monoisotopic (exact) mass is 331 g/mol. The first-order chi connectivity index (χ1) is 9.95. The SMILES string of the molecule is CNCC1CCCN1C(=O)C(C)NS(=O)(=O)c1cccs1. The fourth-order valence-corrected chi connectivity index (χ4v) is 4.79. The van der Waals surface area contributed by atoms with Gasteiger partial charge in [-0.15, -0.1) is 11.3 Å². The molecule has 6 nitrogen and oxygen atoms in total. The molecule has 1 aliphatic heterocycles. The van der Waals surface area contributed by atoms with Crippen LogP contribution in [0.4, 0.5) is 0 Å². The Bertz CT molecular complexity index is 571. The fraction of sp³-hybridized carbons (Fsp3) is 0.615. The highest BCUT2D eigenvalue weighted by Crippen LogP contribution is 2.19. The molecule has 0 bridgehead atoms. The second-order valence-corrected chi connectivity index (χ2v) is 8.05. The Hall–Kier alpha value is -0.960. The molecule has 2 atom stereocenters. The summed E-state index contributed by atoms with van der Waals surface area (Å²) in [5.41, 5.74) is 0. The Morgan fingerprint density at radius 1 is 1.57 bits per heavy atom. The van der Waals surface area contributed by atoms with Gasteiger partial charge in [0.2, 0.25) is 5.91 Å². The normalized spacial score (nSPS) is 20.7. The van der Waals surface area contributed by atoms with Gasteiger partial charge in [0.15, 0.2) is 0 Å². The van der Waals surface area contributed by atoms with Crippen LogP contribution in [0.1, 0.15) is 19.8 Å². The topological polar surface area (TPSA) is 78.5 Å². The summed E-state index contributed by atoms with van der Waals surface area (Å²) >= 11 is 1.14. The summed E-state index contributed by atoms with van der Waals surface area (Å²) in [5.74, 6) is -0.159. The van der Waals surface area contributed by atoms with E-state index >= 15 is 0 Å². The number of hydrogen-bond donors (Lipinski definition) is 2. The van der Waals surface area contributed by atoms with Crippen LogP contribution < -0.4 is 10.0 Å². The Balaban J connectivity index is 2.03. The third-order valence-corrected chi connectivity index (χ3v) is 6.50. The Morgan fingerprint density at radius 2 is 2.33 bits per heavy atom. The predicted octanol–water partition coefficient (Wildman–Crippen LogP) is 0.625. The molecule has 0 aromatic carbocycles. The van der Waals surface area contributed by atoms with E-state index in [9.17, 15) is 13.2 Å². The van der Waals surface area contributed by atoms with E-state index in [0.29, 0.717) is 6.54 Å². The number of nitrogens with zero attached hydrogens (tertiary/aromatic N) is 1. The largest absolute Gasteiger partial charge is 0.337 e. The van der Waals surface area contributed by atoms with E-state index < -0.39 is 16.1 Å². The van der Waals surface area contributed by atoms with Crippen LogP contribution in [0.15, 0.2) is 21.7 Å². The number of hydrogen-bond acceptors (Lipinski definition) is 5. The molecule has 0 radical (unpaired) electrons. The van der Waals surface area contributed by atoms with Crippen LogP contribution >= 0.6 is 11.3 Å². The summed E-state index contributed by atoms with van der Waals surface area (Å²) in [6.07, 6.45) is 1.92. The molecule has 0 spiro atoms. The van der Waals surface area contributed by atoms with Crippen LogP contribution in [0.5, 0.6) is 0 Å². The van der Waals surface area contributed by atoms with Gasteiger partial charge in [-0.3, -0.25) is 4.79 Å². The first kappa shape index (κ1) is 16.4. The Morgan fingerprint density at radius 3 is 2.95 bits per heavy atom. The highest BCUT2D eigenvalue weighted by Gasteiger charge is 2.32.